The van der Waals surface area contributed by atoms with Crippen LogP contribution < -0.4 is 0 Å². The minimum absolute atomic E-state index is 0.367. The van der Waals surface area contributed by atoms with E-state index in [1.807, 2.05) is 12.1 Å². The van der Waals surface area contributed by atoms with Gasteiger partial charge in [0, 0.05) is 19.1 Å². The Balaban J connectivity index is 1.97. The highest BCUT2D eigenvalue weighted by atomic mass is 16.3. The first-order valence-electron chi connectivity index (χ1n) is 6.32. The summed E-state index contributed by atoms with van der Waals surface area (Å²) in [7, 11) is 4.26. The zero-order valence-electron chi connectivity index (χ0n) is 10.8. The third-order valence-corrected chi connectivity index (χ3v) is 3.37. The Morgan fingerprint density at radius 1 is 1.41 bits per heavy atom. The fourth-order valence-electron chi connectivity index (χ4n) is 2.62. The molecular weight excluding hydrogens is 212 g/mol. The van der Waals surface area contributed by atoms with Gasteiger partial charge in [0.05, 0.1) is 0 Å². The standard InChI is InChI=1S/C14H22N2O/c1-15(2)11-13-6-4-8-16(13)10-12-5-3-7-14(17)9-12/h3,5,7,9,13,17H,4,6,8,10-11H2,1-2H3. The molecule has 17 heavy (non-hydrogen) atoms. The lowest BCUT2D eigenvalue weighted by Gasteiger charge is -2.27. The number of hydrogen-bond donors (Lipinski definition) is 1. The van der Waals surface area contributed by atoms with E-state index in [2.05, 4.69) is 30.0 Å². The summed E-state index contributed by atoms with van der Waals surface area (Å²) in [5, 5.41) is 9.47. The Kier molecular flexibility index (Phi) is 4.02. The molecule has 0 bridgehead atoms. The summed E-state index contributed by atoms with van der Waals surface area (Å²) in [5.74, 6) is 0.367. The van der Waals surface area contributed by atoms with Crippen molar-refractivity contribution in [1.82, 2.24) is 9.80 Å². The van der Waals surface area contributed by atoms with Gasteiger partial charge < -0.3 is 10.0 Å². The van der Waals surface area contributed by atoms with Crippen molar-refractivity contribution >= 4 is 0 Å². The van der Waals surface area contributed by atoms with Gasteiger partial charge in [0.2, 0.25) is 0 Å². The molecule has 3 heteroatoms. The van der Waals surface area contributed by atoms with Gasteiger partial charge in [-0.2, -0.15) is 0 Å². The molecule has 1 aromatic rings. The van der Waals surface area contributed by atoms with Crippen molar-refractivity contribution in [2.45, 2.75) is 25.4 Å². The Labute approximate surface area is 104 Å². The number of nitrogens with zero attached hydrogens (tertiary/aromatic N) is 2. The van der Waals surface area contributed by atoms with Gasteiger partial charge in [-0.15, -0.1) is 0 Å². The first-order valence-corrected chi connectivity index (χ1v) is 6.32. The highest BCUT2D eigenvalue weighted by molar-refractivity contribution is 5.27. The second-order valence-corrected chi connectivity index (χ2v) is 5.20. The SMILES string of the molecule is CN(C)CC1CCCN1Cc1cccc(O)c1. The van der Waals surface area contributed by atoms with Crippen LogP contribution in [-0.4, -0.2) is 48.1 Å². The minimum Gasteiger partial charge on any atom is -0.508 e. The fourth-order valence-corrected chi connectivity index (χ4v) is 2.62. The van der Waals surface area contributed by atoms with Crippen molar-refractivity contribution in [2.75, 3.05) is 27.2 Å². The summed E-state index contributed by atoms with van der Waals surface area (Å²) in [6, 6.07) is 8.26. The van der Waals surface area contributed by atoms with Crippen molar-refractivity contribution in [3.05, 3.63) is 29.8 Å². The molecule has 3 nitrogen and oxygen atoms in total. The lowest BCUT2D eigenvalue weighted by molar-refractivity contribution is 0.201. The van der Waals surface area contributed by atoms with Crippen LogP contribution in [-0.2, 0) is 6.54 Å². The van der Waals surface area contributed by atoms with Crippen LogP contribution in [0.5, 0.6) is 5.75 Å². The van der Waals surface area contributed by atoms with Gasteiger partial charge in [-0.25, -0.2) is 0 Å². The molecule has 1 aromatic carbocycles. The van der Waals surface area contributed by atoms with Crippen LogP contribution in [0.2, 0.25) is 0 Å². The van der Waals surface area contributed by atoms with Crippen LogP contribution in [0.15, 0.2) is 24.3 Å². The molecule has 0 saturated carbocycles. The average Bonchev–Trinajstić information content (AvgIpc) is 2.65. The summed E-state index contributed by atoms with van der Waals surface area (Å²) in [4.78, 5) is 4.78. The van der Waals surface area contributed by atoms with Crippen LogP contribution in [0.3, 0.4) is 0 Å². The Bertz CT molecular complexity index is 365. The molecule has 1 unspecified atom stereocenters. The number of hydrogen-bond acceptors (Lipinski definition) is 3. The summed E-state index contributed by atoms with van der Waals surface area (Å²) < 4.78 is 0. The van der Waals surface area contributed by atoms with Gasteiger partial charge in [0.25, 0.3) is 0 Å². The van der Waals surface area contributed by atoms with Crippen molar-refractivity contribution < 1.29 is 5.11 Å². The second kappa shape index (κ2) is 5.52. The molecule has 0 spiro atoms. The average molecular weight is 234 g/mol. The maximum Gasteiger partial charge on any atom is 0.115 e. The molecule has 0 aromatic heterocycles. The smallest absolute Gasteiger partial charge is 0.115 e. The van der Waals surface area contributed by atoms with E-state index in [9.17, 15) is 5.11 Å². The number of likely N-dealkylation sites (N-methyl/N-ethyl adjacent to an activating group) is 1. The predicted octanol–water partition coefficient (Wildman–Crippen LogP) is 1.92. The van der Waals surface area contributed by atoms with Crippen molar-refractivity contribution in [3.8, 4) is 5.75 Å². The Hall–Kier alpha value is -1.06. The fraction of sp³-hybridized carbons (Fsp3) is 0.571. The summed E-state index contributed by atoms with van der Waals surface area (Å²) in [5.41, 5.74) is 1.20. The minimum atomic E-state index is 0.367. The van der Waals surface area contributed by atoms with Crippen LogP contribution >= 0.6 is 0 Å². The molecule has 0 radical (unpaired) electrons. The molecule has 1 N–H and O–H groups in total. The molecule has 1 atom stereocenters. The molecule has 1 aliphatic heterocycles. The largest absolute Gasteiger partial charge is 0.508 e. The Morgan fingerprint density at radius 3 is 2.94 bits per heavy atom. The number of likely N-dealkylation sites (tertiary alicyclic amines) is 1. The number of phenols is 1. The summed E-state index contributed by atoms with van der Waals surface area (Å²) in [6.07, 6.45) is 2.58. The first-order chi connectivity index (χ1) is 8.15. The number of aromatic hydroxyl groups is 1. The molecule has 1 saturated heterocycles. The molecule has 2 rings (SSSR count). The zero-order chi connectivity index (χ0) is 12.3. The number of phenolic OH excluding ortho intramolecular Hbond substituents is 1. The lowest BCUT2D eigenvalue weighted by Crippen LogP contribution is -2.37. The van der Waals surface area contributed by atoms with Gasteiger partial charge in [0.15, 0.2) is 0 Å². The number of benzene rings is 1. The third kappa shape index (κ3) is 3.45. The van der Waals surface area contributed by atoms with E-state index in [1.54, 1.807) is 6.07 Å². The van der Waals surface area contributed by atoms with Gasteiger partial charge in [-0.05, 0) is 51.2 Å². The maximum atomic E-state index is 9.47. The molecule has 1 fully saturated rings. The van der Waals surface area contributed by atoms with E-state index >= 15 is 0 Å². The second-order valence-electron chi connectivity index (χ2n) is 5.20. The van der Waals surface area contributed by atoms with E-state index in [4.69, 9.17) is 0 Å². The zero-order valence-corrected chi connectivity index (χ0v) is 10.8. The number of rotatable bonds is 4. The predicted molar refractivity (Wildman–Crippen MR) is 70.1 cm³/mol. The topological polar surface area (TPSA) is 26.7 Å². The highest BCUT2D eigenvalue weighted by Crippen LogP contribution is 2.21. The van der Waals surface area contributed by atoms with E-state index < -0.39 is 0 Å². The molecule has 1 aliphatic rings. The normalized spacial score (nSPS) is 21.2. The maximum absolute atomic E-state index is 9.47. The van der Waals surface area contributed by atoms with E-state index in [1.165, 1.54) is 24.9 Å². The lowest BCUT2D eigenvalue weighted by atomic mass is 10.1. The molecule has 1 heterocycles. The van der Waals surface area contributed by atoms with Gasteiger partial charge in [0.1, 0.15) is 5.75 Å². The van der Waals surface area contributed by atoms with E-state index in [-0.39, 0.29) is 0 Å². The molecule has 0 amide bonds. The van der Waals surface area contributed by atoms with E-state index in [0.717, 1.165) is 13.1 Å². The third-order valence-electron chi connectivity index (χ3n) is 3.37. The summed E-state index contributed by atoms with van der Waals surface area (Å²) >= 11 is 0. The quantitative estimate of drug-likeness (QED) is 0.862. The molecular formula is C14H22N2O. The Morgan fingerprint density at radius 2 is 2.24 bits per heavy atom. The van der Waals surface area contributed by atoms with Gasteiger partial charge in [-0.3, -0.25) is 4.90 Å². The molecule has 94 valence electrons. The van der Waals surface area contributed by atoms with Crippen molar-refractivity contribution in [3.63, 3.8) is 0 Å². The molecule has 0 aliphatic carbocycles. The summed E-state index contributed by atoms with van der Waals surface area (Å²) in [6.45, 7) is 3.25. The monoisotopic (exact) mass is 234 g/mol. The van der Waals surface area contributed by atoms with Gasteiger partial charge >= 0.3 is 0 Å². The van der Waals surface area contributed by atoms with Gasteiger partial charge in [-0.1, -0.05) is 12.1 Å². The first kappa shape index (κ1) is 12.4. The van der Waals surface area contributed by atoms with Crippen LogP contribution in [0.1, 0.15) is 18.4 Å². The van der Waals surface area contributed by atoms with Crippen LogP contribution in [0.25, 0.3) is 0 Å². The van der Waals surface area contributed by atoms with Crippen LogP contribution in [0, 0.1) is 0 Å². The van der Waals surface area contributed by atoms with Crippen LogP contribution in [0.4, 0.5) is 0 Å². The van der Waals surface area contributed by atoms with Crippen molar-refractivity contribution in [1.29, 1.82) is 0 Å². The van der Waals surface area contributed by atoms with Crippen molar-refractivity contribution in [2.24, 2.45) is 0 Å². The highest BCUT2D eigenvalue weighted by Gasteiger charge is 2.24. The van der Waals surface area contributed by atoms with E-state index in [0.29, 0.717) is 11.8 Å².